The van der Waals surface area contributed by atoms with Gasteiger partial charge in [0.15, 0.2) is 6.10 Å². The minimum Gasteiger partial charge on any atom is -0.496 e. The van der Waals surface area contributed by atoms with E-state index in [9.17, 15) is 4.79 Å². The smallest absolute Gasteiger partial charge is 0.223 e. The van der Waals surface area contributed by atoms with Crippen LogP contribution in [0.3, 0.4) is 0 Å². The number of amides is 1. The van der Waals surface area contributed by atoms with E-state index in [1.807, 2.05) is 53.4 Å². The Morgan fingerprint density at radius 1 is 1.20 bits per heavy atom. The summed E-state index contributed by atoms with van der Waals surface area (Å²) >= 11 is 6.35. The first-order valence-electron chi connectivity index (χ1n) is 10.1. The van der Waals surface area contributed by atoms with Gasteiger partial charge in [0.25, 0.3) is 0 Å². The van der Waals surface area contributed by atoms with E-state index in [2.05, 4.69) is 25.9 Å². The normalized spacial score (nSPS) is 16.0. The molecule has 160 valence electrons. The molecule has 1 unspecified atom stereocenters. The third kappa shape index (κ3) is 5.76. The van der Waals surface area contributed by atoms with Gasteiger partial charge in [0.1, 0.15) is 5.75 Å². The number of nitrogens with zero attached hydrogens (tertiary/aromatic N) is 2. The topological polar surface area (TPSA) is 51.1 Å². The molecule has 0 saturated carbocycles. The van der Waals surface area contributed by atoms with E-state index in [0.29, 0.717) is 31.0 Å². The van der Waals surface area contributed by atoms with E-state index in [0.717, 1.165) is 22.6 Å². The number of para-hydroxylation sites is 1. The molecule has 5 nitrogen and oxygen atoms in total. The molecule has 6 heteroatoms. The van der Waals surface area contributed by atoms with E-state index in [1.165, 1.54) is 0 Å². The molecule has 0 bridgehead atoms. The van der Waals surface area contributed by atoms with Gasteiger partial charge in [-0.2, -0.15) is 0 Å². The summed E-state index contributed by atoms with van der Waals surface area (Å²) in [5, 5.41) is 4.94. The summed E-state index contributed by atoms with van der Waals surface area (Å²) < 4.78 is 5.44. The van der Waals surface area contributed by atoms with Crippen LogP contribution in [0.1, 0.15) is 44.7 Å². The van der Waals surface area contributed by atoms with Crippen LogP contribution in [0.5, 0.6) is 5.75 Å². The van der Waals surface area contributed by atoms with Gasteiger partial charge in [0.2, 0.25) is 5.91 Å². The zero-order chi connectivity index (χ0) is 21.7. The molecule has 0 aliphatic carbocycles. The Labute approximate surface area is 183 Å². The molecule has 1 aliphatic rings. The Balaban J connectivity index is 1.73. The van der Waals surface area contributed by atoms with Crippen molar-refractivity contribution in [3.05, 3.63) is 64.7 Å². The molecule has 0 aromatic heterocycles. The largest absolute Gasteiger partial charge is 0.496 e. The average molecular weight is 429 g/mol. The second-order valence-electron chi connectivity index (χ2n) is 8.77. The summed E-state index contributed by atoms with van der Waals surface area (Å²) in [7, 11) is 1.64. The van der Waals surface area contributed by atoms with Crippen LogP contribution in [-0.4, -0.2) is 36.3 Å². The van der Waals surface area contributed by atoms with Gasteiger partial charge in [-0.05, 0) is 29.2 Å². The highest BCUT2D eigenvalue weighted by Crippen LogP contribution is 2.27. The van der Waals surface area contributed by atoms with Crippen molar-refractivity contribution < 1.29 is 14.4 Å². The fourth-order valence-corrected chi connectivity index (χ4v) is 3.66. The minimum absolute atomic E-state index is 0.0803. The molecule has 1 aliphatic heterocycles. The standard InChI is InChI=1S/C24H29ClN2O3/c1-24(2,3)14-23(28)27(15-17-9-5-7-11-20(17)25)16-18-13-21(26-30-18)19-10-6-8-12-22(19)29-4/h5-12,18H,13-16H2,1-4H3. The van der Waals surface area contributed by atoms with Crippen molar-refractivity contribution >= 4 is 23.2 Å². The third-order valence-electron chi connectivity index (χ3n) is 4.93. The number of halogens is 1. The molecule has 0 N–H and O–H groups in total. The molecule has 2 aromatic carbocycles. The first-order chi connectivity index (χ1) is 14.3. The number of hydrogen-bond donors (Lipinski definition) is 0. The van der Waals surface area contributed by atoms with Gasteiger partial charge in [-0.15, -0.1) is 0 Å². The fourth-order valence-electron chi connectivity index (χ4n) is 3.47. The van der Waals surface area contributed by atoms with Crippen molar-refractivity contribution in [2.45, 2.75) is 46.3 Å². The van der Waals surface area contributed by atoms with Crippen molar-refractivity contribution in [2.75, 3.05) is 13.7 Å². The summed E-state index contributed by atoms with van der Waals surface area (Å²) in [4.78, 5) is 20.6. The van der Waals surface area contributed by atoms with E-state index in [-0.39, 0.29) is 17.4 Å². The molecule has 0 spiro atoms. The maximum Gasteiger partial charge on any atom is 0.223 e. The minimum atomic E-state index is -0.212. The number of methoxy groups -OCH3 is 1. The lowest BCUT2D eigenvalue weighted by Gasteiger charge is -2.28. The maximum atomic E-state index is 13.1. The number of oxime groups is 1. The van der Waals surface area contributed by atoms with Gasteiger partial charge >= 0.3 is 0 Å². The summed E-state index contributed by atoms with van der Waals surface area (Å²) in [6.45, 7) is 7.08. The van der Waals surface area contributed by atoms with E-state index in [4.69, 9.17) is 21.2 Å². The van der Waals surface area contributed by atoms with Crippen molar-refractivity contribution in [2.24, 2.45) is 10.6 Å². The third-order valence-corrected chi connectivity index (χ3v) is 5.30. The highest BCUT2D eigenvalue weighted by atomic mass is 35.5. The monoisotopic (exact) mass is 428 g/mol. The molecule has 0 saturated heterocycles. The second kappa shape index (κ2) is 9.52. The summed E-state index contributed by atoms with van der Waals surface area (Å²) in [6, 6.07) is 15.4. The van der Waals surface area contributed by atoms with Crippen LogP contribution in [0.2, 0.25) is 5.02 Å². The zero-order valence-electron chi connectivity index (χ0n) is 18.0. The van der Waals surface area contributed by atoms with Crippen LogP contribution < -0.4 is 4.74 Å². The lowest BCUT2D eigenvalue weighted by molar-refractivity contribution is -0.135. The van der Waals surface area contributed by atoms with Crippen molar-refractivity contribution in [3.8, 4) is 5.75 Å². The maximum absolute atomic E-state index is 13.1. The van der Waals surface area contributed by atoms with E-state index >= 15 is 0 Å². The molecule has 30 heavy (non-hydrogen) atoms. The molecular formula is C24H29ClN2O3. The number of rotatable bonds is 7. The fraction of sp³-hybridized carbons (Fsp3) is 0.417. The Bertz CT molecular complexity index is 921. The molecular weight excluding hydrogens is 400 g/mol. The van der Waals surface area contributed by atoms with Gasteiger partial charge in [-0.25, -0.2) is 0 Å². The number of ether oxygens (including phenoxy) is 1. The van der Waals surface area contributed by atoms with Gasteiger partial charge < -0.3 is 14.5 Å². The first-order valence-corrected chi connectivity index (χ1v) is 10.5. The molecule has 1 amide bonds. The van der Waals surface area contributed by atoms with Gasteiger partial charge in [-0.3, -0.25) is 4.79 Å². The van der Waals surface area contributed by atoms with E-state index < -0.39 is 0 Å². The molecule has 2 aromatic rings. The summed E-state index contributed by atoms with van der Waals surface area (Å²) in [5.41, 5.74) is 2.57. The highest BCUT2D eigenvalue weighted by Gasteiger charge is 2.29. The summed E-state index contributed by atoms with van der Waals surface area (Å²) in [5.74, 6) is 0.842. The molecule has 0 radical (unpaired) electrons. The van der Waals surface area contributed by atoms with Crippen LogP contribution in [-0.2, 0) is 16.2 Å². The van der Waals surface area contributed by atoms with Crippen LogP contribution in [0.25, 0.3) is 0 Å². The molecule has 0 fully saturated rings. The van der Waals surface area contributed by atoms with Gasteiger partial charge in [-0.1, -0.05) is 67.9 Å². The predicted octanol–water partition coefficient (Wildman–Crippen LogP) is 5.31. The van der Waals surface area contributed by atoms with Crippen LogP contribution in [0, 0.1) is 5.41 Å². The SMILES string of the molecule is COc1ccccc1C1=NOC(CN(Cc2ccccc2Cl)C(=O)CC(C)(C)C)C1. The lowest BCUT2D eigenvalue weighted by Crippen LogP contribution is -2.39. The zero-order valence-corrected chi connectivity index (χ0v) is 18.8. The highest BCUT2D eigenvalue weighted by molar-refractivity contribution is 6.31. The van der Waals surface area contributed by atoms with Gasteiger partial charge in [0, 0.05) is 30.0 Å². The second-order valence-corrected chi connectivity index (χ2v) is 9.18. The van der Waals surface area contributed by atoms with Gasteiger partial charge in [0.05, 0.1) is 19.4 Å². The molecule has 1 atom stereocenters. The van der Waals surface area contributed by atoms with E-state index in [1.54, 1.807) is 7.11 Å². The number of carbonyl (C=O) groups is 1. The van der Waals surface area contributed by atoms with Crippen molar-refractivity contribution in [1.29, 1.82) is 0 Å². The number of hydrogen-bond acceptors (Lipinski definition) is 4. The molecule has 1 heterocycles. The summed E-state index contributed by atoms with van der Waals surface area (Å²) in [6.07, 6.45) is 0.850. The van der Waals surface area contributed by atoms with Crippen LogP contribution in [0.15, 0.2) is 53.7 Å². The van der Waals surface area contributed by atoms with Crippen molar-refractivity contribution in [3.63, 3.8) is 0 Å². The quantitative estimate of drug-likeness (QED) is 0.600. The number of carbonyl (C=O) groups excluding carboxylic acids is 1. The van der Waals surface area contributed by atoms with Crippen LogP contribution in [0.4, 0.5) is 0 Å². The Morgan fingerprint density at radius 3 is 2.60 bits per heavy atom. The van der Waals surface area contributed by atoms with Crippen LogP contribution >= 0.6 is 11.6 Å². The predicted molar refractivity (Wildman–Crippen MR) is 120 cm³/mol. The number of benzene rings is 2. The Morgan fingerprint density at radius 2 is 1.90 bits per heavy atom. The Kier molecular flexibility index (Phi) is 7.03. The lowest BCUT2D eigenvalue weighted by atomic mass is 9.91. The first kappa shape index (κ1) is 22.2. The Hall–Kier alpha value is -2.53. The average Bonchev–Trinajstić information content (AvgIpc) is 3.16. The molecule has 3 rings (SSSR count). The van der Waals surface area contributed by atoms with Crippen molar-refractivity contribution in [1.82, 2.24) is 4.90 Å².